The summed E-state index contributed by atoms with van der Waals surface area (Å²) in [7, 11) is 0. The van der Waals surface area contributed by atoms with Crippen molar-refractivity contribution in [1.29, 1.82) is 0 Å². The number of hydrogen-bond donors (Lipinski definition) is 4. The first-order valence-electron chi connectivity index (χ1n) is 5.18. The molecule has 0 fully saturated rings. The molecular weight excluding hydrogens is 263 g/mol. The molecule has 0 spiro atoms. The Morgan fingerprint density at radius 3 is 2.53 bits per heavy atom. The van der Waals surface area contributed by atoms with Crippen molar-refractivity contribution < 1.29 is 5.11 Å². The fourth-order valence-electron chi connectivity index (χ4n) is 1.09. The highest BCUT2D eigenvalue weighted by Gasteiger charge is 2.18. The lowest BCUT2D eigenvalue weighted by Crippen LogP contribution is -2.32. The van der Waals surface area contributed by atoms with Crippen LogP contribution < -0.4 is 16.6 Å². The van der Waals surface area contributed by atoms with Crippen molar-refractivity contribution in [2.45, 2.75) is 25.9 Å². The van der Waals surface area contributed by atoms with Crippen LogP contribution >= 0.6 is 23.2 Å². The number of anilines is 2. The van der Waals surface area contributed by atoms with E-state index in [2.05, 4.69) is 15.7 Å². The zero-order valence-corrected chi connectivity index (χ0v) is 11.2. The van der Waals surface area contributed by atoms with Crippen molar-refractivity contribution in [3.8, 4) is 0 Å². The average molecular weight is 279 g/mol. The summed E-state index contributed by atoms with van der Waals surface area (Å²) in [5.74, 6) is 6.02. The predicted octanol–water partition coefficient (Wildman–Crippen LogP) is 2.25. The number of pyridine rings is 1. The molecule has 17 heavy (non-hydrogen) atoms. The van der Waals surface area contributed by atoms with Gasteiger partial charge in [-0.25, -0.2) is 10.8 Å². The molecule has 5 N–H and O–H groups in total. The van der Waals surface area contributed by atoms with Gasteiger partial charge in [0.15, 0.2) is 5.82 Å². The van der Waals surface area contributed by atoms with Gasteiger partial charge in [-0.3, -0.25) is 0 Å². The molecule has 0 amide bonds. The van der Waals surface area contributed by atoms with Gasteiger partial charge >= 0.3 is 0 Å². The fraction of sp³-hybridized carbons (Fsp3) is 0.500. The number of aromatic nitrogens is 1. The highest BCUT2D eigenvalue weighted by Crippen LogP contribution is 2.28. The maximum Gasteiger partial charge on any atom is 0.161 e. The molecule has 1 rings (SSSR count). The minimum atomic E-state index is -0.819. The van der Waals surface area contributed by atoms with Crippen LogP contribution in [0, 0.1) is 0 Å². The molecule has 96 valence electrons. The third-order valence-corrected chi connectivity index (χ3v) is 3.04. The highest BCUT2D eigenvalue weighted by molar-refractivity contribution is 6.37. The van der Waals surface area contributed by atoms with Crippen LogP contribution in [0.5, 0.6) is 0 Å². The number of halogens is 2. The van der Waals surface area contributed by atoms with Gasteiger partial charge in [0.25, 0.3) is 0 Å². The molecule has 0 aliphatic carbocycles. The molecule has 5 nitrogen and oxygen atoms in total. The summed E-state index contributed by atoms with van der Waals surface area (Å²) in [6.07, 6.45) is 0.618. The number of hydrazine groups is 1. The maximum atomic E-state index is 9.86. The quantitative estimate of drug-likeness (QED) is 0.491. The van der Waals surface area contributed by atoms with E-state index in [4.69, 9.17) is 29.0 Å². The van der Waals surface area contributed by atoms with E-state index in [9.17, 15) is 5.11 Å². The predicted molar refractivity (Wildman–Crippen MR) is 71.5 cm³/mol. The van der Waals surface area contributed by atoms with E-state index >= 15 is 0 Å². The third kappa shape index (κ3) is 3.89. The topological polar surface area (TPSA) is 83.2 Å². The SMILES string of the molecule is CCC(C)(O)CNc1nc(NN)c(Cl)cc1Cl. The largest absolute Gasteiger partial charge is 0.388 e. The number of hydrogen-bond acceptors (Lipinski definition) is 5. The second-order valence-electron chi connectivity index (χ2n) is 4.00. The summed E-state index contributed by atoms with van der Waals surface area (Å²) in [5.41, 5.74) is 1.55. The lowest BCUT2D eigenvalue weighted by molar-refractivity contribution is 0.0696. The Labute approximate surface area is 110 Å². The Bertz CT molecular complexity index is 398. The molecule has 7 heteroatoms. The monoisotopic (exact) mass is 278 g/mol. The Hall–Kier alpha value is -0.750. The van der Waals surface area contributed by atoms with Crippen molar-refractivity contribution in [2.75, 3.05) is 17.3 Å². The standard InChI is InChI=1S/C10H16Cl2N4O/c1-3-10(2,17)5-14-8-6(11)4-7(12)9(15-8)16-13/h4,17H,3,5,13H2,1-2H3,(H2,14,15,16). The molecule has 0 aliphatic rings. The zero-order chi connectivity index (χ0) is 13.1. The van der Waals surface area contributed by atoms with Gasteiger partial charge in [0.05, 0.1) is 15.6 Å². The van der Waals surface area contributed by atoms with Crippen LogP contribution in [0.3, 0.4) is 0 Å². The zero-order valence-electron chi connectivity index (χ0n) is 9.72. The Morgan fingerprint density at radius 2 is 2.00 bits per heavy atom. The Kier molecular flexibility index (Phi) is 4.82. The Morgan fingerprint density at radius 1 is 1.41 bits per heavy atom. The van der Waals surface area contributed by atoms with Crippen molar-refractivity contribution in [2.24, 2.45) is 5.84 Å². The van der Waals surface area contributed by atoms with E-state index in [1.165, 1.54) is 6.07 Å². The summed E-state index contributed by atoms with van der Waals surface area (Å²) >= 11 is 11.8. The second-order valence-corrected chi connectivity index (χ2v) is 4.81. The van der Waals surface area contributed by atoms with Crippen LogP contribution in [0.1, 0.15) is 20.3 Å². The third-order valence-electron chi connectivity index (χ3n) is 2.46. The van der Waals surface area contributed by atoms with Crippen molar-refractivity contribution in [1.82, 2.24) is 4.98 Å². The van der Waals surface area contributed by atoms with Gasteiger partial charge in [0, 0.05) is 6.54 Å². The molecule has 1 heterocycles. The highest BCUT2D eigenvalue weighted by atomic mass is 35.5. The van der Waals surface area contributed by atoms with Gasteiger partial charge in [0.1, 0.15) is 5.82 Å². The van der Waals surface area contributed by atoms with Crippen molar-refractivity contribution in [3.05, 3.63) is 16.1 Å². The summed E-state index contributed by atoms with van der Waals surface area (Å²) in [4.78, 5) is 4.11. The molecule has 1 atom stereocenters. The van der Waals surface area contributed by atoms with Crippen molar-refractivity contribution >= 4 is 34.8 Å². The van der Waals surface area contributed by atoms with Crippen LogP contribution in [0.15, 0.2) is 6.07 Å². The van der Waals surface area contributed by atoms with Crippen LogP contribution in [0.25, 0.3) is 0 Å². The van der Waals surface area contributed by atoms with Crippen molar-refractivity contribution in [3.63, 3.8) is 0 Å². The minimum Gasteiger partial charge on any atom is -0.388 e. The maximum absolute atomic E-state index is 9.86. The number of nitrogens with two attached hydrogens (primary N) is 1. The molecule has 0 bridgehead atoms. The normalized spacial score (nSPS) is 14.2. The van der Waals surface area contributed by atoms with E-state index in [0.29, 0.717) is 34.6 Å². The van der Waals surface area contributed by atoms with Gasteiger partial charge < -0.3 is 15.8 Å². The first-order valence-corrected chi connectivity index (χ1v) is 5.94. The number of nitrogens with zero attached hydrogens (tertiary/aromatic N) is 1. The summed E-state index contributed by atoms with van der Waals surface area (Å²) in [6, 6.07) is 1.54. The first-order chi connectivity index (χ1) is 7.89. The van der Waals surface area contributed by atoms with Gasteiger partial charge in [-0.05, 0) is 19.4 Å². The molecule has 1 aromatic rings. The number of nitrogen functional groups attached to an aromatic ring is 1. The smallest absolute Gasteiger partial charge is 0.161 e. The lowest BCUT2D eigenvalue weighted by Gasteiger charge is -2.22. The Balaban J connectivity index is 2.84. The van der Waals surface area contributed by atoms with Gasteiger partial charge in [-0.2, -0.15) is 0 Å². The average Bonchev–Trinajstić information content (AvgIpc) is 2.28. The molecule has 0 saturated heterocycles. The lowest BCUT2D eigenvalue weighted by atomic mass is 10.0. The van der Waals surface area contributed by atoms with Gasteiger partial charge in [0.2, 0.25) is 0 Å². The van der Waals surface area contributed by atoms with Gasteiger partial charge in [-0.1, -0.05) is 30.1 Å². The molecule has 0 saturated carbocycles. The fourth-order valence-corrected chi connectivity index (χ4v) is 1.57. The summed E-state index contributed by atoms with van der Waals surface area (Å²) in [5, 5.41) is 13.5. The molecule has 1 aromatic heterocycles. The molecular formula is C10H16Cl2N4O. The van der Waals surface area contributed by atoms with E-state index in [0.717, 1.165) is 0 Å². The van der Waals surface area contributed by atoms with Crippen LogP contribution in [-0.4, -0.2) is 22.2 Å². The minimum absolute atomic E-state index is 0.328. The van der Waals surface area contributed by atoms with Crippen LogP contribution in [0.4, 0.5) is 11.6 Å². The number of nitrogens with one attached hydrogen (secondary N) is 2. The molecule has 0 aromatic carbocycles. The number of rotatable bonds is 5. The van der Waals surface area contributed by atoms with E-state index in [1.807, 2.05) is 6.92 Å². The van der Waals surface area contributed by atoms with E-state index in [1.54, 1.807) is 6.92 Å². The van der Waals surface area contributed by atoms with Gasteiger partial charge in [-0.15, -0.1) is 0 Å². The molecule has 0 radical (unpaired) electrons. The summed E-state index contributed by atoms with van der Waals surface area (Å²) < 4.78 is 0. The van der Waals surface area contributed by atoms with Crippen LogP contribution in [-0.2, 0) is 0 Å². The molecule has 1 unspecified atom stereocenters. The molecule has 0 aliphatic heterocycles. The number of aliphatic hydroxyl groups is 1. The van der Waals surface area contributed by atoms with Crippen LogP contribution in [0.2, 0.25) is 10.0 Å². The first kappa shape index (κ1) is 14.3. The summed E-state index contributed by atoms with van der Waals surface area (Å²) in [6.45, 7) is 3.96. The van der Waals surface area contributed by atoms with E-state index in [-0.39, 0.29) is 0 Å². The van der Waals surface area contributed by atoms with E-state index < -0.39 is 5.60 Å². The second kappa shape index (κ2) is 5.73.